The fraction of sp³-hybridized carbons (Fsp3) is 0.312. The fourth-order valence-corrected chi connectivity index (χ4v) is 2.62. The van der Waals surface area contributed by atoms with Crippen molar-refractivity contribution in [2.45, 2.75) is 26.8 Å². The Morgan fingerprint density at radius 3 is 2.42 bits per heavy atom. The van der Waals surface area contributed by atoms with Crippen LogP contribution < -0.4 is 5.32 Å². The molecule has 19 heavy (non-hydrogen) atoms. The summed E-state index contributed by atoms with van der Waals surface area (Å²) < 4.78 is 2.21. The summed E-state index contributed by atoms with van der Waals surface area (Å²) in [5, 5.41) is 2.69. The molecule has 1 N–H and O–H groups in total. The van der Waals surface area contributed by atoms with Crippen molar-refractivity contribution in [3.05, 3.63) is 58.9 Å². The number of hydrogen-bond donors (Lipinski definition) is 1. The Morgan fingerprint density at radius 1 is 1.21 bits per heavy atom. The first-order valence-corrected chi connectivity index (χ1v) is 6.51. The van der Waals surface area contributed by atoms with Crippen LogP contribution in [0.25, 0.3) is 0 Å². The van der Waals surface area contributed by atoms with Crippen molar-refractivity contribution >= 4 is 5.91 Å². The number of aryl methyl sites for hydroxylation is 1. The minimum Gasteiger partial charge on any atom is -0.355 e. The van der Waals surface area contributed by atoms with Gasteiger partial charge >= 0.3 is 0 Å². The molecule has 3 heteroatoms. The number of aromatic nitrogens is 1. The van der Waals surface area contributed by atoms with E-state index in [4.69, 9.17) is 0 Å². The zero-order valence-corrected chi connectivity index (χ0v) is 11.9. The summed E-state index contributed by atoms with van der Waals surface area (Å²) >= 11 is 0. The number of nitrogens with one attached hydrogen (secondary N) is 1. The van der Waals surface area contributed by atoms with Crippen LogP contribution in [0.3, 0.4) is 0 Å². The highest BCUT2D eigenvalue weighted by Crippen LogP contribution is 2.25. The molecule has 1 atom stereocenters. The smallest absolute Gasteiger partial charge is 0.252 e. The normalized spacial score (nSPS) is 12.2. The number of nitrogens with zero attached hydrogens (tertiary/aromatic N) is 1. The van der Waals surface area contributed by atoms with Gasteiger partial charge < -0.3 is 9.88 Å². The lowest BCUT2D eigenvalue weighted by atomic mass is 10.1. The molecule has 0 fully saturated rings. The van der Waals surface area contributed by atoms with Gasteiger partial charge in [0.05, 0.1) is 11.6 Å². The summed E-state index contributed by atoms with van der Waals surface area (Å²) in [7, 11) is 1.66. The Balaban J connectivity index is 2.46. The van der Waals surface area contributed by atoms with Gasteiger partial charge in [0.2, 0.25) is 0 Å². The summed E-state index contributed by atoms with van der Waals surface area (Å²) in [6.07, 6.45) is 0. The third kappa shape index (κ3) is 2.41. The SMILES string of the molecule is CNC(=O)c1cc(C)n(C(C)c2ccccc2)c1C. The van der Waals surface area contributed by atoms with Crippen LogP contribution in [0.4, 0.5) is 0 Å². The van der Waals surface area contributed by atoms with Crippen molar-refractivity contribution in [1.29, 1.82) is 0 Å². The maximum Gasteiger partial charge on any atom is 0.252 e. The van der Waals surface area contributed by atoms with Gasteiger partial charge in [0.25, 0.3) is 5.91 Å². The predicted octanol–water partition coefficient (Wildman–Crippen LogP) is 3.07. The third-order valence-electron chi connectivity index (χ3n) is 3.63. The molecule has 1 heterocycles. The van der Waals surface area contributed by atoms with Gasteiger partial charge in [-0.3, -0.25) is 4.79 Å². The van der Waals surface area contributed by atoms with Gasteiger partial charge in [0.1, 0.15) is 0 Å². The van der Waals surface area contributed by atoms with Gasteiger partial charge in [-0.1, -0.05) is 30.3 Å². The van der Waals surface area contributed by atoms with E-state index in [2.05, 4.69) is 28.9 Å². The monoisotopic (exact) mass is 256 g/mol. The highest BCUT2D eigenvalue weighted by Gasteiger charge is 2.18. The molecule has 0 aliphatic heterocycles. The van der Waals surface area contributed by atoms with Crippen LogP contribution in [0.2, 0.25) is 0 Å². The molecule has 0 saturated carbocycles. The molecule has 1 aromatic heterocycles. The van der Waals surface area contributed by atoms with Crippen LogP contribution in [-0.2, 0) is 0 Å². The Hall–Kier alpha value is -2.03. The lowest BCUT2D eigenvalue weighted by Crippen LogP contribution is -2.19. The van der Waals surface area contributed by atoms with Gasteiger partial charge in [0.15, 0.2) is 0 Å². The van der Waals surface area contributed by atoms with E-state index < -0.39 is 0 Å². The first-order chi connectivity index (χ1) is 9.06. The van der Waals surface area contributed by atoms with Crippen LogP contribution in [0.15, 0.2) is 36.4 Å². The molecule has 2 rings (SSSR count). The Kier molecular flexibility index (Phi) is 3.74. The zero-order chi connectivity index (χ0) is 14.0. The molecule has 2 aromatic rings. The molecular formula is C16H20N2O. The molecule has 1 unspecified atom stereocenters. The number of rotatable bonds is 3. The van der Waals surface area contributed by atoms with Gasteiger partial charge in [0, 0.05) is 18.4 Å². The summed E-state index contributed by atoms with van der Waals surface area (Å²) in [5.41, 5.74) is 4.11. The minimum atomic E-state index is -0.0281. The van der Waals surface area contributed by atoms with E-state index in [-0.39, 0.29) is 11.9 Å². The van der Waals surface area contributed by atoms with Crippen molar-refractivity contribution < 1.29 is 4.79 Å². The van der Waals surface area contributed by atoms with Gasteiger partial charge in [-0.15, -0.1) is 0 Å². The van der Waals surface area contributed by atoms with Crippen molar-refractivity contribution in [2.75, 3.05) is 7.05 Å². The molecule has 100 valence electrons. The van der Waals surface area contributed by atoms with Gasteiger partial charge in [-0.25, -0.2) is 0 Å². The van der Waals surface area contributed by atoms with Gasteiger partial charge in [-0.2, -0.15) is 0 Å². The molecule has 0 saturated heterocycles. The maximum absolute atomic E-state index is 11.8. The maximum atomic E-state index is 11.8. The van der Waals surface area contributed by atoms with E-state index in [1.807, 2.05) is 38.1 Å². The van der Waals surface area contributed by atoms with E-state index in [0.29, 0.717) is 0 Å². The van der Waals surface area contributed by atoms with Crippen molar-refractivity contribution in [3.63, 3.8) is 0 Å². The highest BCUT2D eigenvalue weighted by molar-refractivity contribution is 5.95. The number of carbonyl (C=O) groups is 1. The summed E-state index contributed by atoms with van der Waals surface area (Å²) in [5.74, 6) is -0.0281. The van der Waals surface area contributed by atoms with E-state index in [1.165, 1.54) is 5.56 Å². The minimum absolute atomic E-state index is 0.0281. The molecule has 0 radical (unpaired) electrons. The Morgan fingerprint density at radius 2 is 1.84 bits per heavy atom. The third-order valence-corrected chi connectivity index (χ3v) is 3.63. The van der Waals surface area contributed by atoms with E-state index in [1.54, 1.807) is 7.05 Å². The second kappa shape index (κ2) is 5.31. The number of carbonyl (C=O) groups excluding carboxylic acids is 1. The zero-order valence-electron chi connectivity index (χ0n) is 11.9. The molecule has 1 aromatic carbocycles. The van der Waals surface area contributed by atoms with Crippen LogP contribution >= 0.6 is 0 Å². The van der Waals surface area contributed by atoms with Crippen molar-refractivity contribution in [1.82, 2.24) is 9.88 Å². The number of amides is 1. The largest absolute Gasteiger partial charge is 0.355 e. The van der Waals surface area contributed by atoms with Crippen LogP contribution in [0.1, 0.15) is 40.3 Å². The molecular weight excluding hydrogens is 236 g/mol. The second-order valence-corrected chi connectivity index (χ2v) is 4.82. The Bertz CT molecular complexity index is 584. The van der Waals surface area contributed by atoms with Crippen molar-refractivity contribution in [2.24, 2.45) is 0 Å². The molecule has 0 aliphatic carbocycles. The average molecular weight is 256 g/mol. The van der Waals surface area contributed by atoms with E-state index in [0.717, 1.165) is 17.0 Å². The van der Waals surface area contributed by atoms with Crippen molar-refractivity contribution in [3.8, 4) is 0 Å². The first kappa shape index (κ1) is 13.4. The fourth-order valence-electron chi connectivity index (χ4n) is 2.62. The lowest BCUT2D eigenvalue weighted by Gasteiger charge is -2.19. The molecule has 1 amide bonds. The van der Waals surface area contributed by atoms with Crippen LogP contribution in [0, 0.1) is 13.8 Å². The predicted molar refractivity (Wildman–Crippen MR) is 77.6 cm³/mol. The lowest BCUT2D eigenvalue weighted by molar-refractivity contribution is 0.0962. The molecule has 0 bridgehead atoms. The first-order valence-electron chi connectivity index (χ1n) is 6.51. The van der Waals surface area contributed by atoms with Crippen LogP contribution in [0.5, 0.6) is 0 Å². The molecule has 0 spiro atoms. The number of benzene rings is 1. The molecule has 0 aliphatic rings. The average Bonchev–Trinajstić information content (AvgIpc) is 2.73. The van der Waals surface area contributed by atoms with E-state index >= 15 is 0 Å². The van der Waals surface area contributed by atoms with E-state index in [9.17, 15) is 4.79 Å². The summed E-state index contributed by atoms with van der Waals surface area (Å²) in [4.78, 5) is 11.8. The standard InChI is InChI=1S/C16H20N2O/c1-11-10-15(16(19)17-4)13(3)18(11)12(2)14-8-6-5-7-9-14/h5-10,12H,1-4H3,(H,17,19). The summed E-state index contributed by atoms with van der Waals surface area (Å²) in [6.45, 7) is 6.19. The highest BCUT2D eigenvalue weighted by atomic mass is 16.1. The molecule has 3 nitrogen and oxygen atoms in total. The summed E-state index contributed by atoms with van der Waals surface area (Å²) in [6, 6.07) is 12.5. The number of hydrogen-bond acceptors (Lipinski definition) is 1. The second-order valence-electron chi connectivity index (χ2n) is 4.82. The van der Waals surface area contributed by atoms with Crippen LogP contribution in [-0.4, -0.2) is 17.5 Å². The topological polar surface area (TPSA) is 34.0 Å². The Labute approximate surface area is 114 Å². The quantitative estimate of drug-likeness (QED) is 0.899. The van der Waals surface area contributed by atoms with Gasteiger partial charge in [-0.05, 0) is 32.4 Å².